The van der Waals surface area contributed by atoms with Gasteiger partial charge in [-0.05, 0) is 56.2 Å². The molecule has 1 aliphatic carbocycles. The summed E-state index contributed by atoms with van der Waals surface area (Å²) in [4.78, 5) is 11.9. The molecule has 1 aromatic rings. The molecule has 0 aliphatic heterocycles. The Morgan fingerprint density at radius 3 is 2.29 bits per heavy atom. The molecule has 0 amide bonds. The molecule has 1 fully saturated rings. The zero-order valence-electron chi connectivity index (χ0n) is 10.8. The Labute approximate surface area is 103 Å². The monoisotopic (exact) mass is 232 g/mol. The summed E-state index contributed by atoms with van der Waals surface area (Å²) in [6, 6.07) is 4.19. The molecule has 1 unspecified atom stereocenters. The standard InChI is InChI=1S/C15H20O2/c1-9-6-10(2)13(11(3)7-9)8-14(16)15(17)12-4-5-12/h6-7,12,15,17H,4-5,8H2,1-3H3. The van der Waals surface area contributed by atoms with E-state index in [4.69, 9.17) is 0 Å². The second-order valence-electron chi connectivity index (χ2n) is 5.30. The molecule has 17 heavy (non-hydrogen) atoms. The first-order chi connectivity index (χ1) is 7.99. The Balaban J connectivity index is 2.15. The van der Waals surface area contributed by atoms with Crippen LogP contribution in [0.5, 0.6) is 0 Å². The van der Waals surface area contributed by atoms with Crippen LogP contribution in [-0.4, -0.2) is 17.0 Å². The molecule has 1 atom stereocenters. The number of rotatable bonds is 4. The van der Waals surface area contributed by atoms with E-state index in [0.29, 0.717) is 6.42 Å². The molecular formula is C15H20O2. The van der Waals surface area contributed by atoms with Crippen molar-refractivity contribution in [2.45, 2.75) is 46.1 Å². The molecule has 0 aromatic heterocycles. The molecule has 0 bridgehead atoms. The fraction of sp³-hybridized carbons (Fsp3) is 0.533. The number of benzene rings is 1. The van der Waals surface area contributed by atoms with E-state index in [1.165, 1.54) is 5.56 Å². The minimum absolute atomic E-state index is 0.0254. The van der Waals surface area contributed by atoms with Crippen LogP contribution >= 0.6 is 0 Å². The minimum atomic E-state index is -0.741. The van der Waals surface area contributed by atoms with E-state index in [9.17, 15) is 9.90 Å². The molecule has 92 valence electrons. The summed E-state index contributed by atoms with van der Waals surface area (Å²) in [5.41, 5.74) is 4.61. The lowest BCUT2D eigenvalue weighted by molar-refractivity contribution is -0.127. The third-order valence-electron chi connectivity index (χ3n) is 3.59. The van der Waals surface area contributed by atoms with Gasteiger partial charge in [0.2, 0.25) is 0 Å². The number of hydrogen-bond acceptors (Lipinski definition) is 2. The predicted octanol–water partition coefficient (Wildman–Crippen LogP) is 2.49. The summed E-state index contributed by atoms with van der Waals surface area (Å²) in [6.45, 7) is 6.13. The first-order valence-corrected chi connectivity index (χ1v) is 6.26. The lowest BCUT2D eigenvalue weighted by Crippen LogP contribution is -2.24. The van der Waals surface area contributed by atoms with Crippen molar-refractivity contribution in [1.29, 1.82) is 0 Å². The normalized spacial score (nSPS) is 16.9. The quantitative estimate of drug-likeness (QED) is 0.866. The highest BCUT2D eigenvalue weighted by atomic mass is 16.3. The number of carbonyl (C=O) groups excluding carboxylic acids is 1. The van der Waals surface area contributed by atoms with Gasteiger partial charge in [-0.2, -0.15) is 0 Å². The average molecular weight is 232 g/mol. The summed E-state index contributed by atoms with van der Waals surface area (Å²) in [5.74, 6) is 0.205. The molecule has 0 spiro atoms. The number of Topliss-reactive ketones (excluding diaryl/α,β-unsaturated/α-hetero) is 1. The Hall–Kier alpha value is -1.15. The van der Waals surface area contributed by atoms with Crippen molar-refractivity contribution < 1.29 is 9.90 Å². The highest BCUT2D eigenvalue weighted by Crippen LogP contribution is 2.33. The van der Waals surface area contributed by atoms with Crippen LogP contribution in [0.15, 0.2) is 12.1 Å². The molecule has 2 nitrogen and oxygen atoms in total. The van der Waals surface area contributed by atoms with E-state index in [1.807, 2.05) is 13.8 Å². The van der Waals surface area contributed by atoms with Crippen LogP contribution in [0.2, 0.25) is 0 Å². The van der Waals surface area contributed by atoms with Gasteiger partial charge >= 0.3 is 0 Å². The van der Waals surface area contributed by atoms with Gasteiger partial charge < -0.3 is 5.11 Å². The van der Waals surface area contributed by atoms with Gasteiger partial charge in [0.05, 0.1) is 0 Å². The van der Waals surface area contributed by atoms with Crippen LogP contribution in [0.3, 0.4) is 0 Å². The first-order valence-electron chi connectivity index (χ1n) is 6.26. The number of carbonyl (C=O) groups is 1. The molecule has 2 rings (SSSR count). The summed E-state index contributed by atoms with van der Waals surface area (Å²) < 4.78 is 0. The number of aliphatic hydroxyl groups is 1. The Bertz CT molecular complexity index is 421. The molecular weight excluding hydrogens is 212 g/mol. The summed E-state index contributed by atoms with van der Waals surface area (Å²) in [6.07, 6.45) is 1.63. The number of ketones is 1. The van der Waals surface area contributed by atoms with E-state index in [2.05, 4.69) is 19.1 Å². The van der Waals surface area contributed by atoms with Crippen LogP contribution in [0, 0.1) is 26.7 Å². The van der Waals surface area contributed by atoms with Gasteiger partial charge in [-0.25, -0.2) is 0 Å². The van der Waals surface area contributed by atoms with Crippen molar-refractivity contribution in [3.8, 4) is 0 Å². The molecule has 0 heterocycles. The Morgan fingerprint density at radius 2 is 1.82 bits per heavy atom. The molecule has 1 aliphatic rings. The first kappa shape index (κ1) is 12.3. The van der Waals surface area contributed by atoms with Crippen molar-refractivity contribution in [3.63, 3.8) is 0 Å². The van der Waals surface area contributed by atoms with Gasteiger partial charge in [0, 0.05) is 6.42 Å². The fourth-order valence-electron chi connectivity index (χ4n) is 2.44. The summed E-state index contributed by atoms with van der Waals surface area (Å²) in [7, 11) is 0. The number of aliphatic hydroxyl groups excluding tert-OH is 1. The number of aryl methyl sites for hydroxylation is 3. The van der Waals surface area contributed by atoms with Crippen molar-refractivity contribution in [3.05, 3.63) is 34.4 Å². The molecule has 0 saturated heterocycles. The zero-order valence-corrected chi connectivity index (χ0v) is 10.8. The highest BCUT2D eigenvalue weighted by molar-refractivity contribution is 5.86. The van der Waals surface area contributed by atoms with Crippen LogP contribution in [0.1, 0.15) is 35.1 Å². The van der Waals surface area contributed by atoms with Crippen molar-refractivity contribution in [2.75, 3.05) is 0 Å². The summed E-state index contributed by atoms with van der Waals surface area (Å²) in [5, 5.41) is 9.81. The van der Waals surface area contributed by atoms with Crippen LogP contribution < -0.4 is 0 Å². The van der Waals surface area contributed by atoms with Gasteiger partial charge in [-0.3, -0.25) is 4.79 Å². The second-order valence-corrected chi connectivity index (χ2v) is 5.30. The van der Waals surface area contributed by atoms with Crippen molar-refractivity contribution in [2.24, 2.45) is 5.92 Å². The molecule has 1 aromatic carbocycles. The maximum absolute atomic E-state index is 11.9. The second kappa shape index (κ2) is 4.61. The minimum Gasteiger partial charge on any atom is -0.385 e. The van der Waals surface area contributed by atoms with Gasteiger partial charge in [0.15, 0.2) is 5.78 Å². The van der Waals surface area contributed by atoms with E-state index >= 15 is 0 Å². The van der Waals surface area contributed by atoms with Gasteiger partial charge in [0.1, 0.15) is 6.10 Å². The zero-order chi connectivity index (χ0) is 12.6. The molecule has 1 N–H and O–H groups in total. The Morgan fingerprint density at radius 1 is 1.29 bits per heavy atom. The average Bonchev–Trinajstić information content (AvgIpc) is 3.05. The predicted molar refractivity (Wildman–Crippen MR) is 68.1 cm³/mol. The van der Waals surface area contributed by atoms with E-state index < -0.39 is 6.10 Å². The maximum atomic E-state index is 11.9. The number of hydrogen-bond donors (Lipinski definition) is 1. The van der Waals surface area contributed by atoms with E-state index in [-0.39, 0.29) is 11.7 Å². The topological polar surface area (TPSA) is 37.3 Å². The third kappa shape index (κ3) is 2.75. The van der Waals surface area contributed by atoms with Crippen LogP contribution in [-0.2, 0) is 11.2 Å². The lowest BCUT2D eigenvalue weighted by Gasteiger charge is -2.13. The van der Waals surface area contributed by atoms with Gasteiger partial charge in [-0.1, -0.05) is 17.7 Å². The van der Waals surface area contributed by atoms with Gasteiger partial charge in [0.25, 0.3) is 0 Å². The smallest absolute Gasteiger partial charge is 0.165 e. The fourth-order valence-corrected chi connectivity index (χ4v) is 2.44. The van der Waals surface area contributed by atoms with Crippen molar-refractivity contribution >= 4 is 5.78 Å². The van der Waals surface area contributed by atoms with E-state index in [1.54, 1.807) is 0 Å². The largest absolute Gasteiger partial charge is 0.385 e. The van der Waals surface area contributed by atoms with Crippen molar-refractivity contribution in [1.82, 2.24) is 0 Å². The van der Waals surface area contributed by atoms with E-state index in [0.717, 1.165) is 29.5 Å². The third-order valence-corrected chi connectivity index (χ3v) is 3.59. The molecule has 1 saturated carbocycles. The van der Waals surface area contributed by atoms with Crippen LogP contribution in [0.4, 0.5) is 0 Å². The Kier molecular flexibility index (Phi) is 3.34. The highest BCUT2D eigenvalue weighted by Gasteiger charge is 2.34. The molecule has 0 radical (unpaired) electrons. The summed E-state index contributed by atoms with van der Waals surface area (Å²) >= 11 is 0. The molecule has 2 heteroatoms. The van der Waals surface area contributed by atoms with Crippen LogP contribution in [0.25, 0.3) is 0 Å². The maximum Gasteiger partial charge on any atom is 0.165 e. The van der Waals surface area contributed by atoms with Gasteiger partial charge in [-0.15, -0.1) is 0 Å². The SMILES string of the molecule is Cc1cc(C)c(CC(=O)C(O)C2CC2)c(C)c1. The lowest BCUT2D eigenvalue weighted by atomic mass is 9.94.